The Labute approximate surface area is 106 Å². The Morgan fingerprint density at radius 3 is 2.88 bits per heavy atom. The molecular weight excluding hydrogens is 212 g/mol. The van der Waals surface area contributed by atoms with E-state index in [0.29, 0.717) is 12.0 Å². The second-order valence-electron chi connectivity index (χ2n) is 5.79. The minimum atomic E-state index is 0.315. The Hall–Kier alpha value is -0.120. The van der Waals surface area contributed by atoms with E-state index in [1.165, 1.54) is 38.8 Å². The van der Waals surface area contributed by atoms with Gasteiger partial charge in [-0.05, 0) is 44.7 Å². The van der Waals surface area contributed by atoms with Crippen molar-refractivity contribution in [2.24, 2.45) is 17.6 Å². The van der Waals surface area contributed by atoms with Crippen LogP contribution in [-0.2, 0) is 4.74 Å². The van der Waals surface area contributed by atoms with E-state index < -0.39 is 0 Å². The van der Waals surface area contributed by atoms with Gasteiger partial charge in [-0.25, -0.2) is 0 Å². The first-order valence-electron chi connectivity index (χ1n) is 7.35. The van der Waals surface area contributed by atoms with Crippen molar-refractivity contribution in [3.63, 3.8) is 0 Å². The smallest absolute Gasteiger partial charge is 0.0510 e. The number of hydrogen-bond donors (Lipinski definition) is 1. The summed E-state index contributed by atoms with van der Waals surface area (Å²) in [5, 5.41) is 0. The van der Waals surface area contributed by atoms with Crippen molar-refractivity contribution in [1.82, 2.24) is 4.90 Å². The van der Waals surface area contributed by atoms with Crippen molar-refractivity contribution in [2.45, 2.75) is 45.1 Å². The molecule has 0 radical (unpaired) electrons. The number of nitrogens with zero attached hydrogens (tertiary/aromatic N) is 1. The minimum absolute atomic E-state index is 0.315. The average Bonchev–Trinajstić information content (AvgIpc) is 2.78. The van der Waals surface area contributed by atoms with Crippen LogP contribution in [0, 0.1) is 11.8 Å². The van der Waals surface area contributed by atoms with E-state index in [2.05, 4.69) is 11.8 Å². The summed E-state index contributed by atoms with van der Waals surface area (Å²) in [5.41, 5.74) is 6.31. The van der Waals surface area contributed by atoms with E-state index >= 15 is 0 Å². The molecule has 0 aliphatic carbocycles. The highest BCUT2D eigenvalue weighted by molar-refractivity contribution is 4.80. The van der Waals surface area contributed by atoms with Gasteiger partial charge in [0.25, 0.3) is 0 Å². The largest absolute Gasteiger partial charge is 0.381 e. The zero-order chi connectivity index (χ0) is 12.1. The third kappa shape index (κ3) is 3.94. The Bertz CT molecular complexity index is 216. The van der Waals surface area contributed by atoms with Crippen molar-refractivity contribution < 1.29 is 4.74 Å². The van der Waals surface area contributed by atoms with Gasteiger partial charge in [-0.15, -0.1) is 0 Å². The van der Waals surface area contributed by atoms with E-state index in [9.17, 15) is 0 Å². The lowest BCUT2D eigenvalue weighted by atomic mass is 9.98. The minimum Gasteiger partial charge on any atom is -0.381 e. The molecule has 2 heterocycles. The third-order valence-electron chi connectivity index (χ3n) is 4.56. The van der Waals surface area contributed by atoms with Gasteiger partial charge in [-0.3, -0.25) is 0 Å². The van der Waals surface area contributed by atoms with Crippen LogP contribution in [0.4, 0.5) is 0 Å². The van der Waals surface area contributed by atoms with Gasteiger partial charge in [-0.1, -0.05) is 13.3 Å². The zero-order valence-electron chi connectivity index (χ0n) is 11.2. The van der Waals surface area contributed by atoms with Crippen LogP contribution < -0.4 is 5.73 Å². The lowest BCUT2D eigenvalue weighted by Crippen LogP contribution is -2.43. The molecule has 0 bridgehead atoms. The molecule has 3 atom stereocenters. The predicted molar refractivity (Wildman–Crippen MR) is 71.0 cm³/mol. The molecule has 100 valence electrons. The maximum atomic E-state index is 6.31. The molecule has 2 N–H and O–H groups in total. The van der Waals surface area contributed by atoms with E-state index in [0.717, 1.165) is 32.1 Å². The van der Waals surface area contributed by atoms with Gasteiger partial charge < -0.3 is 15.4 Å². The lowest BCUT2D eigenvalue weighted by Gasteiger charge is -2.26. The number of nitrogens with two attached hydrogens (primary N) is 1. The first-order chi connectivity index (χ1) is 8.29. The molecule has 2 fully saturated rings. The van der Waals surface area contributed by atoms with Gasteiger partial charge >= 0.3 is 0 Å². The second kappa shape index (κ2) is 6.72. The Morgan fingerprint density at radius 1 is 1.29 bits per heavy atom. The van der Waals surface area contributed by atoms with Crippen LogP contribution in [0.15, 0.2) is 0 Å². The van der Waals surface area contributed by atoms with E-state index in [-0.39, 0.29) is 0 Å². The maximum Gasteiger partial charge on any atom is 0.0510 e. The summed E-state index contributed by atoms with van der Waals surface area (Å²) < 4.78 is 5.43. The van der Waals surface area contributed by atoms with Gasteiger partial charge in [0.2, 0.25) is 0 Å². The summed E-state index contributed by atoms with van der Waals surface area (Å²) >= 11 is 0. The molecule has 0 amide bonds. The molecule has 3 unspecified atom stereocenters. The van der Waals surface area contributed by atoms with Crippen molar-refractivity contribution in [1.29, 1.82) is 0 Å². The molecule has 2 aliphatic heterocycles. The molecule has 0 aromatic rings. The van der Waals surface area contributed by atoms with Crippen molar-refractivity contribution >= 4 is 0 Å². The van der Waals surface area contributed by atoms with Crippen molar-refractivity contribution in [3.8, 4) is 0 Å². The molecule has 0 aromatic heterocycles. The van der Waals surface area contributed by atoms with Crippen LogP contribution in [0.3, 0.4) is 0 Å². The monoisotopic (exact) mass is 240 g/mol. The molecule has 2 rings (SSSR count). The molecule has 0 saturated carbocycles. The van der Waals surface area contributed by atoms with Gasteiger partial charge in [0.05, 0.1) is 6.61 Å². The zero-order valence-corrected chi connectivity index (χ0v) is 11.2. The van der Waals surface area contributed by atoms with E-state index in [1.807, 2.05) is 0 Å². The second-order valence-corrected chi connectivity index (χ2v) is 5.79. The quantitative estimate of drug-likeness (QED) is 0.815. The normalized spacial score (nSPS) is 33.5. The van der Waals surface area contributed by atoms with Crippen LogP contribution in [0.2, 0.25) is 0 Å². The summed E-state index contributed by atoms with van der Waals surface area (Å²) in [7, 11) is 0. The first-order valence-corrected chi connectivity index (χ1v) is 7.35. The number of rotatable bonds is 4. The molecule has 0 aromatic carbocycles. The van der Waals surface area contributed by atoms with E-state index in [4.69, 9.17) is 10.5 Å². The SMILES string of the molecule is CCC1CCCN(CC(N)C2CCOC2)CC1. The summed E-state index contributed by atoms with van der Waals surface area (Å²) in [5.74, 6) is 1.55. The fourth-order valence-electron chi connectivity index (χ4n) is 3.15. The van der Waals surface area contributed by atoms with Gasteiger partial charge in [0.1, 0.15) is 0 Å². The van der Waals surface area contributed by atoms with Crippen LogP contribution in [0.25, 0.3) is 0 Å². The van der Waals surface area contributed by atoms with Crippen LogP contribution in [0.1, 0.15) is 39.0 Å². The average molecular weight is 240 g/mol. The van der Waals surface area contributed by atoms with E-state index in [1.54, 1.807) is 0 Å². The summed E-state index contributed by atoms with van der Waals surface area (Å²) in [4.78, 5) is 2.58. The van der Waals surface area contributed by atoms with Gasteiger partial charge in [0, 0.05) is 25.1 Å². The Morgan fingerprint density at radius 2 is 2.18 bits per heavy atom. The first kappa shape index (κ1) is 13.3. The third-order valence-corrected chi connectivity index (χ3v) is 4.56. The molecule has 2 aliphatic rings. The Kier molecular flexibility index (Phi) is 5.26. The predicted octanol–water partition coefficient (Wildman–Crippen LogP) is 1.86. The number of likely N-dealkylation sites (tertiary alicyclic amines) is 1. The molecule has 2 saturated heterocycles. The molecule has 3 nitrogen and oxygen atoms in total. The van der Waals surface area contributed by atoms with Gasteiger partial charge in [0.15, 0.2) is 0 Å². The highest BCUT2D eigenvalue weighted by Crippen LogP contribution is 2.22. The van der Waals surface area contributed by atoms with Crippen molar-refractivity contribution in [3.05, 3.63) is 0 Å². The van der Waals surface area contributed by atoms with Crippen molar-refractivity contribution in [2.75, 3.05) is 32.8 Å². The highest BCUT2D eigenvalue weighted by atomic mass is 16.5. The van der Waals surface area contributed by atoms with Crippen LogP contribution >= 0.6 is 0 Å². The van der Waals surface area contributed by atoms with Crippen LogP contribution in [0.5, 0.6) is 0 Å². The summed E-state index contributed by atoms with van der Waals surface area (Å²) in [6.45, 7) is 7.69. The lowest BCUT2D eigenvalue weighted by molar-refractivity contribution is 0.170. The topological polar surface area (TPSA) is 38.5 Å². The number of ether oxygens (including phenoxy) is 1. The fraction of sp³-hybridized carbons (Fsp3) is 1.00. The molecular formula is C14H28N2O. The molecule has 0 spiro atoms. The Balaban J connectivity index is 1.74. The molecule has 17 heavy (non-hydrogen) atoms. The van der Waals surface area contributed by atoms with Gasteiger partial charge in [-0.2, -0.15) is 0 Å². The van der Waals surface area contributed by atoms with Crippen LogP contribution in [-0.4, -0.2) is 43.8 Å². The summed E-state index contributed by atoms with van der Waals surface area (Å²) in [6.07, 6.45) is 6.63. The molecule has 3 heteroatoms. The highest BCUT2D eigenvalue weighted by Gasteiger charge is 2.25. The standard InChI is InChI=1S/C14H28N2O/c1-2-12-4-3-7-16(8-5-12)10-14(15)13-6-9-17-11-13/h12-14H,2-11,15H2,1H3. The fourth-order valence-corrected chi connectivity index (χ4v) is 3.15. The summed E-state index contributed by atoms with van der Waals surface area (Å²) in [6, 6.07) is 0.315. The number of hydrogen-bond acceptors (Lipinski definition) is 3. The maximum absolute atomic E-state index is 6.31.